The first kappa shape index (κ1) is 15.5. The highest BCUT2D eigenvalue weighted by Gasteiger charge is 2.12. The SMILES string of the molecule is CCNCc1ccc(CS(=O)(=O)NCc2nn[nH]n2)cc1. The lowest BCUT2D eigenvalue weighted by atomic mass is 10.1. The summed E-state index contributed by atoms with van der Waals surface area (Å²) in [7, 11) is -3.43. The number of aromatic amines is 1. The topological polar surface area (TPSA) is 113 Å². The summed E-state index contributed by atoms with van der Waals surface area (Å²) in [6, 6.07) is 7.49. The number of rotatable bonds is 8. The molecule has 1 aromatic carbocycles. The van der Waals surface area contributed by atoms with Gasteiger partial charge in [-0.15, -0.1) is 10.2 Å². The first-order valence-electron chi connectivity index (χ1n) is 6.57. The standard InChI is InChI=1S/C12H18N6O2S/c1-2-13-7-10-3-5-11(6-4-10)9-21(19,20)14-8-12-15-17-18-16-12/h3-6,13-14H,2,7-9H2,1H3,(H,15,16,17,18). The van der Waals surface area contributed by atoms with Crippen LogP contribution in [0, 0.1) is 0 Å². The van der Waals surface area contributed by atoms with Gasteiger partial charge in [0.15, 0.2) is 5.82 Å². The zero-order valence-electron chi connectivity index (χ0n) is 11.7. The van der Waals surface area contributed by atoms with E-state index in [4.69, 9.17) is 0 Å². The average molecular weight is 310 g/mol. The number of H-pyrrole nitrogens is 1. The summed E-state index contributed by atoms with van der Waals surface area (Å²) in [5, 5.41) is 16.2. The van der Waals surface area contributed by atoms with Gasteiger partial charge in [0.05, 0.1) is 12.3 Å². The molecule has 0 amide bonds. The minimum Gasteiger partial charge on any atom is -0.313 e. The Hall–Kier alpha value is -1.84. The molecule has 0 unspecified atom stereocenters. The molecule has 1 aromatic heterocycles. The van der Waals surface area contributed by atoms with Gasteiger partial charge in [-0.05, 0) is 17.7 Å². The van der Waals surface area contributed by atoms with E-state index in [1.807, 2.05) is 31.2 Å². The number of sulfonamides is 1. The van der Waals surface area contributed by atoms with Crippen LogP contribution >= 0.6 is 0 Å². The Morgan fingerprint density at radius 2 is 1.86 bits per heavy atom. The van der Waals surface area contributed by atoms with Crippen molar-refractivity contribution in [3.8, 4) is 0 Å². The van der Waals surface area contributed by atoms with Gasteiger partial charge in [-0.25, -0.2) is 13.1 Å². The first-order valence-corrected chi connectivity index (χ1v) is 8.22. The van der Waals surface area contributed by atoms with Crippen LogP contribution in [0.3, 0.4) is 0 Å². The summed E-state index contributed by atoms with van der Waals surface area (Å²) in [6.45, 7) is 3.74. The smallest absolute Gasteiger partial charge is 0.216 e. The highest BCUT2D eigenvalue weighted by molar-refractivity contribution is 7.88. The van der Waals surface area contributed by atoms with E-state index in [0.717, 1.165) is 24.2 Å². The molecule has 114 valence electrons. The summed E-state index contributed by atoms with van der Waals surface area (Å²) < 4.78 is 26.3. The fraction of sp³-hybridized carbons (Fsp3) is 0.417. The molecule has 0 aliphatic carbocycles. The van der Waals surface area contributed by atoms with Crippen molar-refractivity contribution in [1.29, 1.82) is 0 Å². The van der Waals surface area contributed by atoms with E-state index >= 15 is 0 Å². The summed E-state index contributed by atoms with van der Waals surface area (Å²) in [5.74, 6) is 0.228. The van der Waals surface area contributed by atoms with E-state index in [2.05, 4.69) is 30.7 Å². The molecule has 0 atom stereocenters. The van der Waals surface area contributed by atoms with Crippen molar-refractivity contribution >= 4 is 10.0 Å². The van der Waals surface area contributed by atoms with Crippen molar-refractivity contribution in [3.63, 3.8) is 0 Å². The normalized spacial score (nSPS) is 11.7. The van der Waals surface area contributed by atoms with Crippen molar-refractivity contribution in [2.75, 3.05) is 6.54 Å². The van der Waals surface area contributed by atoms with Crippen LogP contribution in [0.2, 0.25) is 0 Å². The Kier molecular flexibility index (Phi) is 5.37. The number of nitrogens with one attached hydrogen (secondary N) is 3. The predicted molar refractivity (Wildman–Crippen MR) is 77.5 cm³/mol. The van der Waals surface area contributed by atoms with Gasteiger partial charge < -0.3 is 5.32 Å². The Bertz CT molecular complexity index is 639. The first-order chi connectivity index (χ1) is 10.1. The van der Waals surface area contributed by atoms with Crippen LogP contribution in [0.5, 0.6) is 0 Å². The lowest BCUT2D eigenvalue weighted by molar-refractivity contribution is 0.578. The van der Waals surface area contributed by atoms with Crippen LogP contribution in [0.15, 0.2) is 24.3 Å². The van der Waals surface area contributed by atoms with E-state index in [1.54, 1.807) is 0 Å². The second-order valence-corrected chi connectivity index (χ2v) is 6.31. The Morgan fingerprint density at radius 3 is 2.48 bits per heavy atom. The van der Waals surface area contributed by atoms with E-state index in [0.29, 0.717) is 5.82 Å². The van der Waals surface area contributed by atoms with E-state index < -0.39 is 10.0 Å². The largest absolute Gasteiger partial charge is 0.313 e. The summed E-state index contributed by atoms with van der Waals surface area (Å²) in [6.07, 6.45) is 0. The molecule has 1 heterocycles. The van der Waals surface area contributed by atoms with Gasteiger partial charge in [-0.2, -0.15) is 5.21 Å². The molecular formula is C12H18N6O2S. The molecule has 0 spiro atoms. The number of hydrogen-bond donors (Lipinski definition) is 3. The minimum absolute atomic E-state index is 0.0251. The van der Waals surface area contributed by atoms with Gasteiger partial charge in [-0.1, -0.05) is 36.4 Å². The molecule has 0 aliphatic rings. The summed E-state index contributed by atoms with van der Waals surface area (Å²) in [5.41, 5.74) is 1.86. The number of nitrogens with zero attached hydrogens (tertiary/aromatic N) is 3. The summed E-state index contributed by atoms with van der Waals surface area (Å²) in [4.78, 5) is 0. The third-order valence-corrected chi connectivity index (χ3v) is 4.10. The van der Waals surface area contributed by atoms with Gasteiger partial charge in [0.2, 0.25) is 10.0 Å². The number of aromatic nitrogens is 4. The van der Waals surface area contributed by atoms with Crippen molar-refractivity contribution in [3.05, 3.63) is 41.2 Å². The number of tetrazole rings is 1. The van der Waals surface area contributed by atoms with Crippen molar-refractivity contribution in [2.24, 2.45) is 0 Å². The molecule has 2 aromatic rings. The highest BCUT2D eigenvalue weighted by Crippen LogP contribution is 2.08. The molecule has 0 saturated carbocycles. The predicted octanol–water partition coefficient (Wildman–Crippen LogP) is -0.0712. The second-order valence-electron chi connectivity index (χ2n) is 4.51. The monoisotopic (exact) mass is 310 g/mol. The molecule has 8 nitrogen and oxygen atoms in total. The van der Waals surface area contributed by atoms with Crippen molar-refractivity contribution in [1.82, 2.24) is 30.7 Å². The van der Waals surface area contributed by atoms with Crippen LogP contribution < -0.4 is 10.0 Å². The van der Waals surface area contributed by atoms with E-state index in [1.165, 1.54) is 0 Å². The van der Waals surface area contributed by atoms with Crippen LogP contribution in [0.25, 0.3) is 0 Å². The third kappa shape index (κ3) is 5.21. The molecule has 0 radical (unpaired) electrons. The van der Waals surface area contributed by atoms with Gasteiger partial charge in [0.1, 0.15) is 0 Å². The highest BCUT2D eigenvalue weighted by atomic mass is 32.2. The molecule has 0 saturated heterocycles. The maximum atomic E-state index is 11.9. The Balaban J connectivity index is 1.90. The van der Waals surface area contributed by atoms with Crippen LogP contribution in [-0.2, 0) is 28.9 Å². The minimum atomic E-state index is -3.43. The molecule has 2 rings (SSSR count). The molecule has 21 heavy (non-hydrogen) atoms. The van der Waals surface area contributed by atoms with Crippen molar-refractivity contribution < 1.29 is 8.42 Å². The average Bonchev–Trinajstić information content (AvgIpc) is 2.98. The molecule has 0 aliphatic heterocycles. The molecule has 3 N–H and O–H groups in total. The van der Waals surface area contributed by atoms with Gasteiger partial charge in [-0.3, -0.25) is 0 Å². The Morgan fingerprint density at radius 1 is 1.14 bits per heavy atom. The second kappa shape index (κ2) is 7.25. The third-order valence-electron chi connectivity index (χ3n) is 2.80. The van der Waals surface area contributed by atoms with Crippen molar-refractivity contribution in [2.45, 2.75) is 25.8 Å². The van der Waals surface area contributed by atoms with E-state index in [9.17, 15) is 8.42 Å². The van der Waals surface area contributed by atoms with Gasteiger partial charge in [0.25, 0.3) is 0 Å². The number of hydrogen-bond acceptors (Lipinski definition) is 6. The molecular weight excluding hydrogens is 292 g/mol. The number of benzene rings is 1. The zero-order chi connectivity index (χ0) is 15.1. The Labute approximate surface area is 123 Å². The van der Waals surface area contributed by atoms with Crippen LogP contribution in [-0.4, -0.2) is 35.6 Å². The van der Waals surface area contributed by atoms with E-state index in [-0.39, 0.29) is 12.3 Å². The maximum absolute atomic E-state index is 11.9. The van der Waals surface area contributed by atoms with Gasteiger partial charge >= 0.3 is 0 Å². The fourth-order valence-corrected chi connectivity index (χ4v) is 2.81. The molecule has 0 fully saturated rings. The lowest BCUT2D eigenvalue weighted by Crippen LogP contribution is -2.25. The fourth-order valence-electron chi connectivity index (χ4n) is 1.73. The summed E-state index contributed by atoms with van der Waals surface area (Å²) >= 11 is 0. The quantitative estimate of drug-likeness (QED) is 0.629. The lowest BCUT2D eigenvalue weighted by Gasteiger charge is -2.06. The van der Waals surface area contributed by atoms with Crippen LogP contribution in [0.4, 0.5) is 0 Å². The molecule has 0 bridgehead atoms. The zero-order valence-corrected chi connectivity index (χ0v) is 12.5. The maximum Gasteiger partial charge on any atom is 0.216 e. The molecule has 9 heteroatoms. The van der Waals surface area contributed by atoms with Gasteiger partial charge in [0, 0.05) is 6.54 Å². The van der Waals surface area contributed by atoms with Crippen LogP contribution in [0.1, 0.15) is 23.9 Å².